The smallest absolute Gasteiger partial charge is 0.0809 e. The Balaban J connectivity index is 1.78. The van der Waals surface area contributed by atoms with Crippen LogP contribution in [0.15, 0.2) is 78.0 Å². The van der Waals surface area contributed by atoms with Gasteiger partial charge in [-0.25, -0.2) is 0 Å². The molecule has 0 heterocycles. The molecular formula is C22H22Si. The molecule has 23 heavy (non-hydrogen) atoms. The summed E-state index contributed by atoms with van der Waals surface area (Å²) >= 11 is 0. The van der Waals surface area contributed by atoms with Gasteiger partial charge in [0.1, 0.15) is 0 Å². The summed E-state index contributed by atoms with van der Waals surface area (Å²) in [6.07, 6.45) is 12.9. The predicted molar refractivity (Wildman–Crippen MR) is 103 cm³/mol. The van der Waals surface area contributed by atoms with Crippen molar-refractivity contribution in [2.45, 2.75) is 25.1 Å². The standard InChI is InChI=1S/C22H22Si/c1-23(2,18-11-6-7-12-18)22-16-15-20-19(13-8-14-21(20)22)17-9-4-3-5-10-17/h3-11,13-16,22H,12H2,1-2H3. The minimum Gasteiger partial charge on any atom is -0.0809 e. The van der Waals surface area contributed by atoms with Crippen LogP contribution in [0.25, 0.3) is 17.2 Å². The minimum atomic E-state index is -1.50. The lowest BCUT2D eigenvalue weighted by molar-refractivity contribution is 1.14. The molecule has 2 aromatic rings. The monoisotopic (exact) mass is 314 g/mol. The van der Waals surface area contributed by atoms with Gasteiger partial charge in [-0.2, -0.15) is 0 Å². The van der Waals surface area contributed by atoms with Gasteiger partial charge in [0.25, 0.3) is 0 Å². The number of benzene rings is 2. The Labute approximate surface area is 139 Å². The van der Waals surface area contributed by atoms with Crippen molar-refractivity contribution >= 4 is 14.1 Å². The lowest BCUT2D eigenvalue weighted by Crippen LogP contribution is -2.36. The van der Waals surface area contributed by atoms with Gasteiger partial charge in [-0.1, -0.05) is 97.2 Å². The van der Waals surface area contributed by atoms with Crippen LogP contribution in [0.3, 0.4) is 0 Å². The Morgan fingerprint density at radius 2 is 1.78 bits per heavy atom. The molecule has 2 aliphatic rings. The summed E-state index contributed by atoms with van der Waals surface area (Å²) in [5.74, 6) is 0. The summed E-state index contributed by atoms with van der Waals surface area (Å²) in [7, 11) is -1.50. The van der Waals surface area contributed by atoms with E-state index < -0.39 is 8.07 Å². The van der Waals surface area contributed by atoms with Crippen LogP contribution in [0.4, 0.5) is 0 Å². The van der Waals surface area contributed by atoms with Crippen molar-refractivity contribution in [3.8, 4) is 11.1 Å². The maximum atomic E-state index is 2.52. The molecular weight excluding hydrogens is 292 g/mol. The van der Waals surface area contributed by atoms with Crippen molar-refractivity contribution in [1.29, 1.82) is 0 Å². The summed E-state index contributed by atoms with van der Waals surface area (Å²) in [6.45, 7) is 5.04. The molecule has 0 spiro atoms. The molecule has 4 rings (SSSR count). The first-order chi connectivity index (χ1) is 11.2. The van der Waals surface area contributed by atoms with E-state index in [-0.39, 0.29) is 0 Å². The molecule has 0 radical (unpaired) electrons. The van der Waals surface area contributed by atoms with E-state index in [0.717, 1.165) is 6.42 Å². The maximum Gasteiger partial charge on any atom is 0.0873 e. The van der Waals surface area contributed by atoms with E-state index in [9.17, 15) is 0 Å². The summed E-state index contributed by atoms with van der Waals surface area (Å²) in [5.41, 5.74) is 6.22. The molecule has 0 nitrogen and oxygen atoms in total. The molecule has 0 N–H and O–H groups in total. The highest BCUT2D eigenvalue weighted by molar-refractivity contribution is 6.86. The van der Waals surface area contributed by atoms with Crippen LogP contribution in [0.2, 0.25) is 13.1 Å². The van der Waals surface area contributed by atoms with E-state index in [1.807, 2.05) is 0 Å². The topological polar surface area (TPSA) is 0 Å². The van der Waals surface area contributed by atoms with Gasteiger partial charge in [0.15, 0.2) is 0 Å². The van der Waals surface area contributed by atoms with Gasteiger partial charge in [0.2, 0.25) is 0 Å². The predicted octanol–water partition coefficient (Wildman–Crippen LogP) is 6.14. The lowest BCUT2D eigenvalue weighted by atomic mass is 9.97. The molecule has 1 heteroatoms. The van der Waals surface area contributed by atoms with Crippen molar-refractivity contribution in [2.24, 2.45) is 0 Å². The van der Waals surface area contributed by atoms with Crippen LogP contribution >= 0.6 is 0 Å². The quantitative estimate of drug-likeness (QED) is 0.597. The van der Waals surface area contributed by atoms with Gasteiger partial charge in [-0.05, 0) is 28.7 Å². The average molecular weight is 315 g/mol. The van der Waals surface area contributed by atoms with Gasteiger partial charge >= 0.3 is 0 Å². The molecule has 0 aliphatic heterocycles. The normalized spacial score (nSPS) is 19.0. The second-order valence-corrected chi connectivity index (χ2v) is 11.8. The number of allylic oxidation sites excluding steroid dienone is 5. The largest absolute Gasteiger partial charge is 0.0873 e. The summed E-state index contributed by atoms with van der Waals surface area (Å²) < 4.78 is 0. The lowest BCUT2D eigenvalue weighted by Gasteiger charge is -2.31. The van der Waals surface area contributed by atoms with Crippen LogP contribution in [-0.4, -0.2) is 8.07 Å². The van der Waals surface area contributed by atoms with E-state index in [4.69, 9.17) is 0 Å². The number of fused-ring (bicyclic) bond motifs is 1. The van der Waals surface area contributed by atoms with E-state index >= 15 is 0 Å². The first-order valence-electron chi connectivity index (χ1n) is 8.40. The second-order valence-electron chi connectivity index (χ2n) is 7.06. The van der Waals surface area contributed by atoms with E-state index in [1.54, 1.807) is 5.20 Å². The summed E-state index contributed by atoms with van der Waals surface area (Å²) in [4.78, 5) is 0. The minimum absolute atomic E-state index is 0.590. The van der Waals surface area contributed by atoms with E-state index in [1.165, 1.54) is 22.3 Å². The fourth-order valence-electron chi connectivity index (χ4n) is 3.96. The van der Waals surface area contributed by atoms with Crippen LogP contribution < -0.4 is 0 Å². The Morgan fingerprint density at radius 1 is 0.957 bits per heavy atom. The van der Waals surface area contributed by atoms with Crippen molar-refractivity contribution < 1.29 is 0 Å². The summed E-state index contributed by atoms with van der Waals surface area (Å²) in [6, 6.07) is 17.6. The molecule has 114 valence electrons. The Morgan fingerprint density at radius 3 is 2.52 bits per heavy atom. The van der Waals surface area contributed by atoms with Gasteiger partial charge in [0, 0.05) is 5.54 Å². The average Bonchev–Trinajstić information content (AvgIpc) is 3.25. The zero-order valence-electron chi connectivity index (χ0n) is 13.8. The van der Waals surface area contributed by atoms with Crippen molar-refractivity contribution in [3.05, 3.63) is 89.2 Å². The third-order valence-corrected chi connectivity index (χ3v) is 9.48. The van der Waals surface area contributed by atoms with E-state index in [0.29, 0.717) is 5.54 Å². The first-order valence-corrected chi connectivity index (χ1v) is 11.5. The molecule has 0 amide bonds. The Bertz CT molecular complexity index is 822. The molecule has 0 saturated carbocycles. The molecule has 2 aromatic carbocycles. The SMILES string of the molecule is C[Si](C)(C1=CC=CC1)C1C=Cc2c(-c3ccccc3)cccc21. The highest BCUT2D eigenvalue weighted by atomic mass is 28.3. The fourth-order valence-corrected chi connectivity index (χ4v) is 7.14. The zero-order valence-corrected chi connectivity index (χ0v) is 14.8. The summed E-state index contributed by atoms with van der Waals surface area (Å²) in [5, 5.41) is 1.67. The highest BCUT2D eigenvalue weighted by Gasteiger charge is 2.38. The van der Waals surface area contributed by atoms with Crippen LogP contribution in [0.1, 0.15) is 23.1 Å². The molecule has 1 unspecified atom stereocenters. The van der Waals surface area contributed by atoms with Gasteiger partial charge in [-0.3, -0.25) is 0 Å². The molecule has 2 aliphatic carbocycles. The molecule has 1 atom stereocenters. The van der Waals surface area contributed by atoms with Crippen LogP contribution in [-0.2, 0) is 0 Å². The fraction of sp³-hybridized carbons (Fsp3) is 0.182. The van der Waals surface area contributed by atoms with Crippen molar-refractivity contribution in [2.75, 3.05) is 0 Å². The second kappa shape index (κ2) is 5.50. The molecule has 0 aromatic heterocycles. The third-order valence-electron chi connectivity index (χ3n) is 5.39. The maximum absolute atomic E-state index is 2.52. The van der Waals surface area contributed by atoms with E-state index in [2.05, 4.69) is 92.0 Å². The van der Waals surface area contributed by atoms with Crippen molar-refractivity contribution in [1.82, 2.24) is 0 Å². The zero-order chi connectivity index (χ0) is 15.9. The van der Waals surface area contributed by atoms with Crippen molar-refractivity contribution in [3.63, 3.8) is 0 Å². The number of rotatable bonds is 3. The highest BCUT2D eigenvalue weighted by Crippen LogP contribution is 2.44. The van der Waals surface area contributed by atoms with Gasteiger partial charge < -0.3 is 0 Å². The number of hydrogen-bond donors (Lipinski definition) is 0. The Kier molecular flexibility index (Phi) is 3.46. The van der Waals surface area contributed by atoms with Gasteiger partial charge in [0.05, 0.1) is 8.07 Å². The molecule has 0 fully saturated rings. The molecule has 0 bridgehead atoms. The first kappa shape index (κ1) is 14.5. The van der Waals surface area contributed by atoms with Crippen LogP contribution in [0.5, 0.6) is 0 Å². The molecule has 0 saturated heterocycles. The third kappa shape index (κ3) is 2.36. The van der Waals surface area contributed by atoms with Crippen LogP contribution in [0, 0.1) is 0 Å². The number of hydrogen-bond acceptors (Lipinski definition) is 0. The van der Waals surface area contributed by atoms with Gasteiger partial charge in [-0.15, -0.1) is 0 Å². The Hall–Kier alpha value is -2.12.